The first-order valence-electron chi connectivity index (χ1n) is 6.19. The first-order chi connectivity index (χ1) is 9.83. The van der Waals surface area contributed by atoms with Crippen molar-refractivity contribution >= 4 is 26.0 Å². The molecule has 0 atom stereocenters. The summed E-state index contributed by atoms with van der Waals surface area (Å²) in [5.74, 6) is 1.51. The van der Waals surface area contributed by atoms with Crippen molar-refractivity contribution in [3.63, 3.8) is 0 Å². The van der Waals surface area contributed by atoms with Crippen LogP contribution in [0.1, 0.15) is 23.1 Å². The van der Waals surface area contributed by atoms with Gasteiger partial charge < -0.3 is 14.2 Å². The number of hydrogen-bond donors (Lipinski definition) is 2. The zero-order chi connectivity index (χ0) is 15.6. The maximum atomic E-state index is 12.2. The molecule has 2 aromatic heterocycles. The number of nitrogens with zero attached hydrogens (tertiary/aromatic N) is 1. The smallest absolute Gasteiger partial charge is 0.245 e. The Hall–Kier alpha value is -1.16. The van der Waals surface area contributed by atoms with Gasteiger partial charge in [0.25, 0.3) is 0 Å². The number of sulfonamides is 1. The SMILES string of the molecule is CNCc1cc(S(=O)(=O)NCc2nc(C)c(C)o2)c(Br)o1. The van der Waals surface area contributed by atoms with Crippen molar-refractivity contribution < 1.29 is 17.3 Å². The fourth-order valence-electron chi connectivity index (χ4n) is 1.69. The van der Waals surface area contributed by atoms with Crippen molar-refractivity contribution in [2.24, 2.45) is 0 Å². The number of rotatable bonds is 6. The van der Waals surface area contributed by atoms with E-state index in [1.54, 1.807) is 20.9 Å². The maximum absolute atomic E-state index is 12.2. The molecule has 21 heavy (non-hydrogen) atoms. The molecule has 0 fully saturated rings. The zero-order valence-electron chi connectivity index (χ0n) is 11.9. The highest BCUT2D eigenvalue weighted by atomic mass is 79.9. The second-order valence-electron chi connectivity index (χ2n) is 4.45. The van der Waals surface area contributed by atoms with Crippen molar-refractivity contribution in [3.05, 3.63) is 33.8 Å². The van der Waals surface area contributed by atoms with Crippen molar-refractivity contribution in [3.8, 4) is 0 Å². The number of aromatic nitrogens is 1. The average molecular weight is 378 g/mol. The van der Waals surface area contributed by atoms with Crippen LogP contribution in [0.25, 0.3) is 0 Å². The van der Waals surface area contributed by atoms with Gasteiger partial charge in [-0.05, 0) is 36.8 Å². The fraction of sp³-hybridized carbons (Fsp3) is 0.417. The summed E-state index contributed by atoms with van der Waals surface area (Å²) in [6.07, 6.45) is 0. The Morgan fingerprint density at radius 2 is 2.00 bits per heavy atom. The van der Waals surface area contributed by atoms with Gasteiger partial charge in [-0.25, -0.2) is 18.1 Å². The molecule has 7 nitrogen and oxygen atoms in total. The fourth-order valence-corrected chi connectivity index (χ4v) is 3.66. The van der Waals surface area contributed by atoms with Crippen molar-refractivity contribution in [1.82, 2.24) is 15.0 Å². The van der Waals surface area contributed by atoms with Gasteiger partial charge >= 0.3 is 0 Å². The molecule has 0 spiro atoms. The first-order valence-corrected chi connectivity index (χ1v) is 8.46. The minimum Gasteiger partial charge on any atom is -0.452 e. The van der Waals surface area contributed by atoms with Gasteiger partial charge in [-0.1, -0.05) is 0 Å². The Kier molecular flexibility index (Phi) is 4.87. The van der Waals surface area contributed by atoms with E-state index in [0.29, 0.717) is 24.0 Å². The van der Waals surface area contributed by atoms with Gasteiger partial charge in [-0.2, -0.15) is 0 Å². The molecule has 2 aromatic rings. The molecule has 9 heteroatoms. The maximum Gasteiger partial charge on any atom is 0.245 e. The number of nitrogens with one attached hydrogen (secondary N) is 2. The summed E-state index contributed by atoms with van der Waals surface area (Å²) in [6.45, 7) is 3.99. The van der Waals surface area contributed by atoms with E-state index in [0.717, 1.165) is 5.69 Å². The summed E-state index contributed by atoms with van der Waals surface area (Å²) in [7, 11) is -1.96. The number of furan rings is 1. The van der Waals surface area contributed by atoms with Crippen LogP contribution in [0.5, 0.6) is 0 Å². The highest BCUT2D eigenvalue weighted by molar-refractivity contribution is 9.10. The Balaban J connectivity index is 2.14. The Bertz CT molecular complexity index is 716. The summed E-state index contributed by atoms with van der Waals surface area (Å²) >= 11 is 3.11. The molecular formula is C12H16BrN3O4S. The summed E-state index contributed by atoms with van der Waals surface area (Å²) < 4.78 is 37.7. The second kappa shape index (κ2) is 6.30. The lowest BCUT2D eigenvalue weighted by atomic mass is 10.4. The molecule has 0 aliphatic rings. The molecule has 2 heterocycles. The average Bonchev–Trinajstić information content (AvgIpc) is 2.92. The minimum atomic E-state index is -3.71. The molecular weight excluding hydrogens is 362 g/mol. The van der Waals surface area contributed by atoms with Gasteiger partial charge in [0.2, 0.25) is 15.9 Å². The molecule has 116 valence electrons. The zero-order valence-corrected chi connectivity index (χ0v) is 14.3. The highest BCUT2D eigenvalue weighted by Crippen LogP contribution is 2.26. The van der Waals surface area contributed by atoms with Crippen LogP contribution in [0.15, 0.2) is 24.5 Å². The van der Waals surface area contributed by atoms with Crippen LogP contribution in [0, 0.1) is 13.8 Å². The molecule has 0 saturated carbocycles. The Morgan fingerprint density at radius 1 is 1.29 bits per heavy atom. The molecule has 0 aliphatic carbocycles. The quantitative estimate of drug-likeness (QED) is 0.796. The van der Waals surface area contributed by atoms with E-state index in [1.165, 1.54) is 6.07 Å². The largest absolute Gasteiger partial charge is 0.452 e. The minimum absolute atomic E-state index is 0.0179. The van der Waals surface area contributed by atoms with Crippen LogP contribution in [0.4, 0.5) is 0 Å². The van der Waals surface area contributed by atoms with E-state index in [1.807, 2.05) is 0 Å². The third-order valence-corrected chi connectivity index (χ3v) is 5.09. The van der Waals surface area contributed by atoms with Crippen LogP contribution in [0.2, 0.25) is 0 Å². The third kappa shape index (κ3) is 3.73. The number of oxazole rings is 1. The third-order valence-electron chi connectivity index (χ3n) is 2.83. The summed E-state index contributed by atoms with van der Waals surface area (Å²) in [5, 5.41) is 2.89. The Morgan fingerprint density at radius 3 is 2.57 bits per heavy atom. The number of halogens is 1. The van der Waals surface area contributed by atoms with Gasteiger partial charge in [-0.15, -0.1) is 0 Å². The normalized spacial score (nSPS) is 12.0. The van der Waals surface area contributed by atoms with Gasteiger partial charge in [0, 0.05) is 6.07 Å². The van der Waals surface area contributed by atoms with E-state index < -0.39 is 10.0 Å². The predicted octanol–water partition coefficient (Wildman–Crippen LogP) is 1.84. The molecule has 2 N–H and O–H groups in total. The first kappa shape index (κ1) is 16.2. The lowest BCUT2D eigenvalue weighted by Gasteiger charge is -2.02. The van der Waals surface area contributed by atoms with Crippen molar-refractivity contribution in [1.29, 1.82) is 0 Å². The molecule has 0 aromatic carbocycles. The van der Waals surface area contributed by atoms with E-state index in [9.17, 15) is 8.42 Å². The van der Waals surface area contributed by atoms with E-state index in [4.69, 9.17) is 8.83 Å². The lowest BCUT2D eigenvalue weighted by Crippen LogP contribution is -2.23. The van der Waals surface area contributed by atoms with E-state index >= 15 is 0 Å². The molecule has 0 amide bonds. The van der Waals surface area contributed by atoms with Crippen LogP contribution in [0.3, 0.4) is 0 Å². The van der Waals surface area contributed by atoms with Gasteiger partial charge in [0.05, 0.1) is 18.8 Å². The Labute approximate surface area is 131 Å². The number of aryl methyl sites for hydroxylation is 2. The van der Waals surface area contributed by atoms with E-state index in [2.05, 4.69) is 31.0 Å². The molecule has 0 radical (unpaired) electrons. The monoisotopic (exact) mass is 377 g/mol. The summed E-state index contributed by atoms with van der Waals surface area (Å²) in [4.78, 5) is 4.17. The van der Waals surface area contributed by atoms with Crippen LogP contribution in [-0.2, 0) is 23.1 Å². The van der Waals surface area contributed by atoms with Gasteiger partial charge in [0.1, 0.15) is 16.4 Å². The van der Waals surface area contributed by atoms with Crippen LogP contribution < -0.4 is 10.0 Å². The molecule has 0 bridgehead atoms. The topological polar surface area (TPSA) is 97.4 Å². The molecule has 2 rings (SSSR count). The highest BCUT2D eigenvalue weighted by Gasteiger charge is 2.23. The van der Waals surface area contributed by atoms with E-state index in [-0.39, 0.29) is 16.1 Å². The van der Waals surface area contributed by atoms with Crippen LogP contribution in [-0.4, -0.2) is 20.4 Å². The second-order valence-corrected chi connectivity index (χ2v) is 6.91. The molecule has 0 aliphatic heterocycles. The lowest BCUT2D eigenvalue weighted by molar-refractivity contribution is 0.460. The van der Waals surface area contributed by atoms with Crippen molar-refractivity contribution in [2.75, 3.05) is 7.05 Å². The van der Waals surface area contributed by atoms with Crippen molar-refractivity contribution in [2.45, 2.75) is 31.8 Å². The van der Waals surface area contributed by atoms with Crippen LogP contribution >= 0.6 is 15.9 Å². The molecule has 0 saturated heterocycles. The summed E-state index contributed by atoms with van der Waals surface area (Å²) in [5.41, 5.74) is 0.741. The number of hydrogen-bond acceptors (Lipinski definition) is 6. The van der Waals surface area contributed by atoms with Gasteiger partial charge in [-0.3, -0.25) is 0 Å². The summed E-state index contributed by atoms with van der Waals surface area (Å²) in [6, 6.07) is 1.47. The molecule has 0 unspecified atom stereocenters. The van der Waals surface area contributed by atoms with Gasteiger partial charge in [0.15, 0.2) is 4.67 Å². The standard InChI is InChI=1S/C12H16BrN3O4S/c1-7-8(2)19-11(16-7)6-15-21(17,18)10-4-9(5-14-3)20-12(10)13/h4,14-15H,5-6H2,1-3H3. The predicted molar refractivity (Wildman–Crippen MR) is 79.2 cm³/mol.